The van der Waals surface area contributed by atoms with Crippen molar-refractivity contribution in [1.29, 1.82) is 5.26 Å². The lowest BCUT2D eigenvalue weighted by Gasteiger charge is -2.30. The minimum atomic E-state index is -0.460. The summed E-state index contributed by atoms with van der Waals surface area (Å²) in [5, 5.41) is 11.8. The summed E-state index contributed by atoms with van der Waals surface area (Å²) in [6.07, 6.45) is 3.21. The van der Waals surface area contributed by atoms with Crippen LogP contribution in [0.5, 0.6) is 0 Å². The molecule has 5 unspecified atom stereocenters. The zero-order valence-electron chi connectivity index (χ0n) is 12.8. The van der Waals surface area contributed by atoms with Crippen LogP contribution < -0.4 is 5.32 Å². The first-order valence-electron chi connectivity index (χ1n) is 7.49. The molecule has 0 aromatic rings. The summed E-state index contributed by atoms with van der Waals surface area (Å²) >= 11 is 0. The fourth-order valence-electron chi connectivity index (χ4n) is 3.32. The van der Waals surface area contributed by atoms with Gasteiger partial charge < -0.3 is 10.1 Å². The van der Waals surface area contributed by atoms with Gasteiger partial charge in [0, 0.05) is 24.2 Å². The van der Waals surface area contributed by atoms with E-state index in [1.807, 2.05) is 20.8 Å². The summed E-state index contributed by atoms with van der Waals surface area (Å²) in [7, 11) is 0. The Morgan fingerprint density at radius 2 is 2.15 bits per heavy atom. The van der Waals surface area contributed by atoms with Crippen molar-refractivity contribution in [3.63, 3.8) is 0 Å². The first kappa shape index (κ1) is 15.1. The molecule has 20 heavy (non-hydrogen) atoms. The first-order chi connectivity index (χ1) is 9.35. The zero-order chi connectivity index (χ0) is 14.9. The van der Waals surface area contributed by atoms with Gasteiger partial charge in [-0.15, -0.1) is 0 Å². The number of carbonyl (C=O) groups excluding carboxylic acids is 1. The van der Waals surface area contributed by atoms with Gasteiger partial charge in [0.1, 0.15) is 5.60 Å². The fraction of sp³-hybridized carbons (Fsp3) is 0.867. The molecule has 5 nitrogen and oxygen atoms in total. The Kier molecular flexibility index (Phi) is 4.24. The molecule has 2 aliphatic heterocycles. The number of rotatable bonds is 3. The van der Waals surface area contributed by atoms with Crippen LogP contribution in [0.4, 0.5) is 4.79 Å². The van der Waals surface area contributed by atoms with Gasteiger partial charge in [0.15, 0.2) is 0 Å². The standard InChI is InChI=1S/C15H25N3O2/c1-5-11-8-10(17-14(19)20-15(2,3)4)9-13-12(6-7-16)18(11)13/h10-13H,5-6,8-9H2,1-4H3,(H,17,19). The van der Waals surface area contributed by atoms with Crippen LogP contribution in [0, 0.1) is 11.3 Å². The minimum absolute atomic E-state index is 0.166. The predicted octanol–water partition coefficient (Wildman–Crippen LogP) is 2.42. The van der Waals surface area contributed by atoms with Crippen LogP contribution in [-0.4, -0.2) is 40.8 Å². The number of nitriles is 1. The normalized spacial score (nSPS) is 35.6. The van der Waals surface area contributed by atoms with Gasteiger partial charge in [-0.3, -0.25) is 4.90 Å². The van der Waals surface area contributed by atoms with Crippen molar-refractivity contribution in [3.8, 4) is 6.07 Å². The number of ether oxygens (including phenoxy) is 1. The second-order valence-corrected chi connectivity index (χ2v) is 6.82. The Morgan fingerprint density at radius 3 is 2.70 bits per heavy atom. The highest BCUT2D eigenvalue weighted by atomic mass is 16.6. The molecule has 0 aliphatic carbocycles. The molecule has 2 heterocycles. The van der Waals surface area contributed by atoms with E-state index in [0.717, 1.165) is 19.3 Å². The predicted molar refractivity (Wildman–Crippen MR) is 76.1 cm³/mol. The van der Waals surface area contributed by atoms with Gasteiger partial charge in [0.05, 0.1) is 12.5 Å². The lowest BCUT2D eigenvalue weighted by atomic mass is 9.97. The molecule has 2 rings (SSSR count). The van der Waals surface area contributed by atoms with E-state index in [1.165, 1.54) is 0 Å². The number of carbonyl (C=O) groups is 1. The largest absolute Gasteiger partial charge is 0.444 e. The number of piperidine rings is 1. The van der Waals surface area contributed by atoms with Crippen molar-refractivity contribution >= 4 is 6.09 Å². The van der Waals surface area contributed by atoms with Crippen LogP contribution >= 0.6 is 0 Å². The summed E-state index contributed by atoms with van der Waals surface area (Å²) in [4.78, 5) is 14.3. The Morgan fingerprint density at radius 1 is 1.45 bits per heavy atom. The third kappa shape index (κ3) is 3.43. The molecule has 5 heteroatoms. The number of hydrogen-bond acceptors (Lipinski definition) is 4. The Bertz CT molecular complexity index is 410. The molecule has 2 aliphatic rings. The molecular formula is C15H25N3O2. The first-order valence-corrected chi connectivity index (χ1v) is 7.49. The maximum absolute atomic E-state index is 11.9. The number of hydrogen-bond donors (Lipinski definition) is 1. The zero-order valence-corrected chi connectivity index (χ0v) is 12.8. The SMILES string of the molecule is CCC1CC(NC(=O)OC(C)(C)C)CC2C(CC#N)N12. The van der Waals surface area contributed by atoms with Crippen LogP contribution in [0.25, 0.3) is 0 Å². The number of alkyl carbamates (subject to hydrolysis) is 1. The van der Waals surface area contributed by atoms with E-state index < -0.39 is 5.60 Å². The van der Waals surface area contributed by atoms with Crippen molar-refractivity contribution in [2.24, 2.45) is 0 Å². The van der Waals surface area contributed by atoms with Crippen LogP contribution in [-0.2, 0) is 4.74 Å². The van der Waals surface area contributed by atoms with E-state index in [0.29, 0.717) is 24.5 Å². The number of amides is 1. The molecule has 1 amide bonds. The summed E-state index contributed by atoms with van der Waals surface area (Å²) < 4.78 is 5.32. The highest BCUT2D eigenvalue weighted by Crippen LogP contribution is 2.43. The highest BCUT2D eigenvalue weighted by molar-refractivity contribution is 5.68. The highest BCUT2D eigenvalue weighted by Gasteiger charge is 2.54. The molecule has 0 bridgehead atoms. The van der Waals surface area contributed by atoms with Gasteiger partial charge in [-0.05, 0) is 40.0 Å². The fourth-order valence-corrected chi connectivity index (χ4v) is 3.32. The molecule has 0 aromatic heterocycles. The second-order valence-electron chi connectivity index (χ2n) is 6.82. The molecule has 0 aromatic carbocycles. The molecule has 0 radical (unpaired) electrons. The van der Waals surface area contributed by atoms with Crippen molar-refractivity contribution in [2.75, 3.05) is 0 Å². The Hall–Kier alpha value is -1.28. The Labute approximate surface area is 121 Å². The van der Waals surface area contributed by atoms with E-state index in [9.17, 15) is 4.79 Å². The maximum atomic E-state index is 11.9. The minimum Gasteiger partial charge on any atom is -0.444 e. The summed E-state index contributed by atoms with van der Waals surface area (Å²) in [6, 6.07) is 3.77. The van der Waals surface area contributed by atoms with Crippen molar-refractivity contribution in [1.82, 2.24) is 10.2 Å². The molecule has 2 saturated heterocycles. The molecule has 112 valence electrons. The van der Waals surface area contributed by atoms with Gasteiger partial charge in [-0.2, -0.15) is 5.26 Å². The van der Waals surface area contributed by atoms with E-state index >= 15 is 0 Å². The van der Waals surface area contributed by atoms with E-state index in [4.69, 9.17) is 10.00 Å². The smallest absolute Gasteiger partial charge is 0.407 e. The van der Waals surface area contributed by atoms with Gasteiger partial charge in [0.25, 0.3) is 0 Å². The van der Waals surface area contributed by atoms with Gasteiger partial charge >= 0.3 is 6.09 Å². The Balaban J connectivity index is 1.89. The molecule has 5 atom stereocenters. The van der Waals surface area contributed by atoms with E-state index in [2.05, 4.69) is 23.2 Å². The van der Waals surface area contributed by atoms with Crippen LogP contribution in [0.2, 0.25) is 0 Å². The molecule has 2 fully saturated rings. The summed E-state index contributed by atoms with van der Waals surface area (Å²) in [5.74, 6) is 0. The lowest BCUT2D eigenvalue weighted by Crippen LogP contribution is -2.45. The average Bonchev–Trinajstić information content (AvgIpc) is 2.99. The topological polar surface area (TPSA) is 65.1 Å². The number of fused-ring (bicyclic) bond motifs is 1. The van der Waals surface area contributed by atoms with E-state index in [1.54, 1.807) is 0 Å². The quantitative estimate of drug-likeness (QED) is 0.806. The van der Waals surface area contributed by atoms with Gasteiger partial charge in [-0.1, -0.05) is 6.92 Å². The lowest BCUT2D eigenvalue weighted by molar-refractivity contribution is 0.0482. The van der Waals surface area contributed by atoms with Gasteiger partial charge in [0.2, 0.25) is 0 Å². The number of nitrogens with zero attached hydrogens (tertiary/aromatic N) is 2. The van der Waals surface area contributed by atoms with Crippen LogP contribution in [0.3, 0.4) is 0 Å². The molecule has 0 saturated carbocycles. The van der Waals surface area contributed by atoms with E-state index in [-0.39, 0.29) is 12.1 Å². The third-order valence-corrected chi connectivity index (χ3v) is 4.12. The molecule has 1 N–H and O–H groups in total. The maximum Gasteiger partial charge on any atom is 0.407 e. The van der Waals surface area contributed by atoms with Crippen molar-refractivity contribution < 1.29 is 9.53 Å². The molecule has 0 spiro atoms. The third-order valence-electron chi connectivity index (χ3n) is 4.12. The monoisotopic (exact) mass is 279 g/mol. The van der Waals surface area contributed by atoms with Crippen LogP contribution in [0.1, 0.15) is 53.4 Å². The van der Waals surface area contributed by atoms with Crippen molar-refractivity contribution in [3.05, 3.63) is 0 Å². The summed E-state index contributed by atoms with van der Waals surface area (Å²) in [6.45, 7) is 7.77. The number of nitrogens with one attached hydrogen (secondary N) is 1. The molecular weight excluding hydrogens is 254 g/mol. The second kappa shape index (κ2) is 5.61. The van der Waals surface area contributed by atoms with Gasteiger partial charge in [-0.25, -0.2) is 4.79 Å². The average molecular weight is 279 g/mol. The van der Waals surface area contributed by atoms with Crippen molar-refractivity contribution in [2.45, 2.75) is 83.1 Å². The summed E-state index contributed by atoms with van der Waals surface area (Å²) in [5.41, 5.74) is -0.460. The van der Waals surface area contributed by atoms with Crippen LogP contribution in [0.15, 0.2) is 0 Å².